The lowest BCUT2D eigenvalue weighted by Gasteiger charge is -2.14. The van der Waals surface area contributed by atoms with Gasteiger partial charge in [-0.25, -0.2) is 4.57 Å². The molecule has 1 aromatic rings. The number of hydrogen-bond donors (Lipinski definition) is 1. The molecule has 9 heteroatoms. The molecule has 1 rings (SSSR count). The van der Waals surface area contributed by atoms with E-state index in [1.54, 1.807) is 38.1 Å². The van der Waals surface area contributed by atoms with Gasteiger partial charge in [0.25, 0.3) is 5.78 Å². The Morgan fingerprint density at radius 3 is 2.39 bits per heavy atom. The number of benzene rings is 1. The van der Waals surface area contributed by atoms with E-state index in [1.807, 2.05) is 0 Å². The topological polar surface area (TPSA) is 109 Å². The first kappa shape index (κ1) is 19.9. The Morgan fingerprint density at radius 2 is 1.91 bits per heavy atom. The quantitative estimate of drug-likeness (QED) is 0.293. The van der Waals surface area contributed by atoms with Crippen molar-refractivity contribution in [2.24, 2.45) is 0 Å². The van der Waals surface area contributed by atoms with Crippen molar-refractivity contribution in [1.29, 1.82) is 0 Å². The summed E-state index contributed by atoms with van der Waals surface area (Å²) in [5.41, 5.74) is 8.84. The summed E-state index contributed by atoms with van der Waals surface area (Å²) >= 11 is 3.28. The smallest absolute Gasteiger partial charge is 0.388 e. The molecule has 0 saturated heterocycles. The molecule has 1 unspecified atom stereocenters. The fourth-order valence-corrected chi connectivity index (χ4v) is 3.94. The Morgan fingerprint density at radius 1 is 1.35 bits per heavy atom. The predicted octanol–water partition coefficient (Wildman–Crippen LogP) is 3.34. The fraction of sp³-hybridized carbons (Fsp3) is 0.429. The van der Waals surface area contributed by atoms with Gasteiger partial charge in [-0.05, 0) is 25.5 Å². The molecular formula is C14H18BrN2O5P. The number of hydrogen-bond acceptors (Lipinski definition) is 5. The van der Waals surface area contributed by atoms with Crippen LogP contribution in [-0.4, -0.2) is 34.3 Å². The standard InChI is InChI=1S/C14H18BrN2O5P/c1-3-21-23(20,22-4-2)14(17-16)13(19)9-12(18)10-7-5-6-8-11(10)15/h5-8,12,18H,3-4,9H2,1-2H3. The lowest BCUT2D eigenvalue weighted by molar-refractivity contribution is -0.118. The normalized spacial score (nSPS) is 12.5. The molecule has 0 aliphatic carbocycles. The van der Waals surface area contributed by atoms with Gasteiger partial charge in [-0.1, -0.05) is 34.1 Å². The van der Waals surface area contributed by atoms with Gasteiger partial charge < -0.3 is 19.7 Å². The van der Waals surface area contributed by atoms with Crippen LogP contribution in [0.3, 0.4) is 0 Å². The Balaban J connectivity index is 3.00. The number of halogens is 1. The van der Waals surface area contributed by atoms with Crippen LogP contribution >= 0.6 is 23.5 Å². The zero-order valence-electron chi connectivity index (χ0n) is 12.8. The molecule has 0 fully saturated rings. The summed E-state index contributed by atoms with van der Waals surface area (Å²) in [6.45, 7) is 3.16. The molecule has 0 heterocycles. The van der Waals surface area contributed by atoms with Crippen LogP contribution in [0.4, 0.5) is 0 Å². The highest BCUT2D eigenvalue weighted by molar-refractivity contribution is 9.10. The van der Waals surface area contributed by atoms with Crippen LogP contribution in [0.2, 0.25) is 0 Å². The van der Waals surface area contributed by atoms with Crippen molar-refractivity contribution >= 4 is 34.8 Å². The maximum atomic E-state index is 12.5. The van der Waals surface area contributed by atoms with Crippen LogP contribution in [0.1, 0.15) is 31.9 Å². The van der Waals surface area contributed by atoms with Crippen molar-refractivity contribution in [2.75, 3.05) is 13.2 Å². The first-order valence-electron chi connectivity index (χ1n) is 6.97. The number of aliphatic hydroxyl groups is 1. The van der Waals surface area contributed by atoms with Crippen LogP contribution in [0.5, 0.6) is 0 Å². The van der Waals surface area contributed by atoms with Gasteiger partial charge in [0.2, 0.25) is 0 Å². The Hall–Kier alpha value is -1.14. The molecule has 23 heavy (non-hydrogen) atoms. The zero-order valence-corrected chi connectivity index (χ0v) is 15.3. The average molecular weight is 405 g/mol. The Bertz CT molecular complexity index is 650. The summed E-state index contributed by atoms with van der Waals surface area (Å²) in [5, 5.41) is 10.2. The highest BCUT2D eigenvalue weighted by Gasteiger charge is 2.45. The molecule has 0 aromatic heterocycles. The van der Waals surface area contributed by atoms with Crippen molar-refractivity contribution in [1.82, 2.24) is 0 Å². The SMILES string of the molecule is CCOP(=O)(OCC)C(=[N+]=[N-])C(=O)CC(O)c1ccccc1Br. The second-order valence-electron chi connectivity index (χ2n) is 4.42. The molecule has 0 bridgehead atoms. The maximum Gasteiger partial charge on any atom is 0.446 e. The van der Waals surface area contributed by atoms with Gasteiger partial charge in [0, 0.05) is 10.9 Å². The van der Waals surface area contributed by atoms with Crippen LogP contribution < -0.4 is 0 Å². The van der Waals surface area contributed by atoms with Crippen molar-refractivity contribution in [3.63, 3.8) is 0 Å². The van der Waals surface area contributed by atoms with Crippen LogP contribution in [0.25, 0.3) is 5.53 Å². The third-order valence-corrected chi connectivity index (χ3v) is 5.62. The number of aliphatic hydroxyl groups excluding tert-OH is 1. The largest absolute Gasteiger partial charge is 0.446 e. The molecule has 126 valence electrons. The fourth-order valence-electron chi connectivity index (χ4n) is 1.88. The molecule has 1 aromatic carbocycles. The highest BCUT2D eigenvalue weighted by atomic mass is 79.9. The lowest BCUT2D eigenvalue weighted by atomic mass is 10.0. The van der Waals surface area contributed by atoms with E-state index in [0.717, 1.165) is 0 Å². The van der Waals surface area contributed by atoms with Gasteiger partial charge in [0.15, 0.2) is 0 Å². The molecular weight excluding hydrogens is 387 g/mol. The summed E-state index contributed by atoms with van der Waals surface area (Å²) in [7, 11) is -4.02. The monoisotopic (exact) mass is 404 g/mol. The molecule has 0 amide bonds. The van der Waals surface area contributed by atoms with Crippen molar-refractivity contribution in [3.8, 4) is 0 Å². The number of nitrogens with zero attached hydrogens (tertiary/aromatic N) is 2. The zero-order chi connectivity index (χ0) is 17.5. The molecule has 0 aliphatic heterocycles. The van der Waals surface area contributed by atoms with E-state index in [1.165, 1.54) is 0 Å². The molecule has 1 N–H and O–H groups in total. The first-order chi connectivity index (χ1) is 10.9. The maximum absolute atomic E-state index is 12.5. The van der Waals surface area contributed by atoms with E-state index in [2.05, 4.69) is 20.7 Å². The van der Waals surface area contributed by atoms with E-state index < -0.39 is 31.4 Å². The van der Waals surface area contributed by atoms with Gasteiger partial charge >= 0.3 is 13.0 Å². The summed E-state index contributed by atoms with van der Waals surface area (Å²) in [5.74, 6) is -0.819. The Kier molecular flexibility index (Phi) is 7.99. The average Bonchev–Trinajstić information content (AvgIpc) is 2.48. The third kappa shape index (κ3) is 5.18. The van der Waals surface area contributed by atoms with E-state index >= 15 is 0 Å². The number of ketones is 1. The molecule has 1 atom stereocenters. The number of rotatable bonds is 9. The summed E-state index contributed by atoms with van der Waals surface area (Å²) in [6, 6.07) is 6.83. The van der Waals surface area contributed by atoms with Crippen LogP contribution in [-0.2, 0) is 18.4 Å². The van der Waals surface area contributed by atoms with Gasteiger partial charge in [0.1, 0.15) is 0 Å². The second kappa shape index (κ2) is 9.23. The summed E-state index contributed by atoms with van der Waals surface area (Å²) in [4.78, 5) is 15.1. The lowest BCUT2D eigenvalue weighted by Crippen LogP contribution is -2.21. The van der Waals surface area contributed by atoms with Crippen LogP contribution in [0, 0.1) is 0 Å². The minimum atomic E-state index is -4.02. The molecule has 0 saturated carbocycles. The number of carbonyl (C=O) groups excluding carboxylic acids is 1. The highest BCUT2D eigenvalue weighted by Crippen LogP contribution is 2.49. The molecule has 0 aliphatic rings. The van der Waals surface area contributed by atoms with E-state index in [4.69, 9.17) is 14.6 Å². The summed E-state index contributed by atoms with van der Waals surface area (Å²) < 4.78 is 23.1. The first-order valence-corrected chi connectivity index (χ1v) is 9.30. The summed E-state index contributed by atoms with van der Waals surface area (Å²) in [6.07, 6.45) is -1.59. The van der Waals surface area contributed by atoms with Crippen molar-refractivity contribution < 1.29 is 28.3 Å². The van der Waals surface area contributed by atoms with E-state index in [9.17, 15) is 14.5 Å². The minimum absolute atomic E-state index is 0.0103. The Labute approximate surface area is 142 Å². The molecule has 0 radical (unpaired) electrons. The van der Waals surface area contributed by atoms with Crippen molar-refractivity contribution in [3.05, 3.63) is 39.8 Å². The number of carbonyl (C=O) groups is 1. The van der Waals surface area contributed by atoms with Gasteiger partial charge in [-0.2, -0.15) is 4.79 Å². The number of Topliss-reactive ketones (excluding diaryl/α,β-unsaturated/α-hetero) is 1. The van der Waals surface area contributed by atoms with Gasteiger partial charge in [0.05, 0.1) is 19.3 Å². The minimum Gasteiger partial charge on any atom is -0.388 e. The third-order valence-electron chi connectivity index (χ3n) is 2.84. The van der Waals surface area contributed by atoms with E-state index in [0.29, 0.717) is 10.0 Å². The molecule has 0 spiro atoms. The van der Waals surface area contributed by atoms with E-state index in [-0.39, 0.29) is 13.2 Å². The van der Waals surface area contributed by atoms with Gasteiger partial charge in [-0.3, -0.25) is 4.79 Å². The predicted molar refractivity (Wildman–Crippen MR) is 88.2 cm³/mol. The second-order valence-corrected chi connectivity index (χ2v) is 7.21. The van der Waals surface area contributed by atoms with Crippen molar-refractivity contribution in [2.45, 2.75) is 26.4 Å². The van der Waals surface area contributed by atoms with Crippen LogP contribution in [0.15, 0.2) is 28.7 Å². The molecule has 7 nitrogen and oxygen atoms in total. The van der Waals surface area contributed by atoms with Gasteiger partial charge in [-0.15, -0.1) is 0 Å².